The molecule has 0 unspecified atom stereocenters. The number of hydrogen-bond donors (Lipinski definition) is 0. The Balaban J connectivity index is 1.95. The van der Waals surface area contributed by atoms with Crippen molar-refractivity contribution in [3.63, 3.8) is 0 Å². The van der Waals surface area contributed by atoms with E-state index in [4.69, 9.17) is 4.74 Å². The van der Waals surface area contributed by atoms with Gasteiger partial charge in [0.1, 0.15) is 0 Å². The predicted octanol–water partition coefficient (Wildman–Crippen LogP) is 2.91. The van der Waals surface area contributed by atoms with Crippen LogP contribution in [-0.4, -0.2) is 11.0 Å². The number of hydrogen-bond acceptors (Lipinski definition) is 3. The third-order valence-corrected chi connectivity index (χ3v) is 2.15. The molecule has 0 saturated heterocycles. The Morgan fingerprint density at radius 3 is 2.47 bits per heavy atom. The Labute approximate surface area is 99.4 Å². The number of nitrogens with zero attached hydrogens (tertiary/aromatic N) is 1. The lowest BCUT2D eigenvalue weighted by Gasteiger charge is -1.98. The van der Waals surface area contributed by atoms with E-state index < -0.39 is 0 Å². The first-order valence-electron chi connectivity index (χ1n) is 5.19. The second-order valence-corrected chi connectivity index (χ2v) is 3.35. The molecule has 0 bridgehead atoms. The molecule has 3 heteroatoms. The summed E-state index contributed by atoms with van der Waals surface area (Å²) < 4.78 is 4.99. The van der Waals surface area contributed by atoms with Gasteiger partial charge in [-0.25, -0.2) is 4.79 Å². The normalized spacial score (nSPS) is 10.4. The van der Waals surface area contributed by atoms with Crippen LogP contribution in [0.1, 0.15) is 15.9 Å². The van der Waals surface area contributed by atoms with Gasteiger partial charge in [0.25, 0.3) is 0 Å². The van der Waals surface area contributed by atoms with Crippen molar-refractivity contribution in [1.82, 2.24) is 4.98 Å². The second-order valence-electron chi connectivity index (χ2n) is 3.35. The van der Waals surface area contributed by atoms with E-state index in [1.165, 1.54) is 6.26 Å². The summed E-state index contributed by atoms with van der Waals surface area (Å²) in [5, 5.41) is 0. The molecule has 2 aromatic rings. The van der Waals surface area contributed by atoms with Crippen LogP contribution in [-0.2, 0) is 4.74 Å². The molecule has 0 radical (unpaired) electrons. The van der Waals surface area contributed by atoms with Gasteiger partial charge in [-0.05, 0) is 35.9 Å². The summed E-state index contributed by atoms with van der Waals surface area (Å²) in [4.78, 5) is 15.4. The highest BCUT2D eigenvalue weighted by Gasteiger charge is 2.02. The van der Waals surface area contributed by atoms with Gasteiger partial charge in [0.2, 0.25) is 0 Å². The molecule has 0 N–H and O–H groups in total. The van der Waals surface area contributed by atoms with Gasteiger partial charge in [-0.2, -0.15) is 0 Å². The quantitative estimate of drug-likeness (QED) is 0.595. The van der Waals surface area contributed by atoms with Gasteiger partial charge in [0.15, 0.2) is 0 Å². The maximum atomic E-state index is 11.5. The van der Waals surface area contributed by atoms with E-state index in [0.29, 0.717) is 5.56 Å². The van der Waals surface area contributed by atoms with Crippen molar-refractivity contribution in [2.24, 2.45) is 0 Å². The summed E-state index contributed by atoms with van der Waals surface area (Å²) >= 11 is 0. The van der Waals surface area contributed by atoms with Crippen LogP contribution in [0.15, 0.2) is 61.1 Å². The second kappa shape index (κ2) is 5.61. The van der Waals surface area contributed by atoms with Crippen LogP contribution in [0, 0.1) is 0 Å². The van der Waals surface area contributed by atoms with Crippen LogP contribution in [0.2, 0.25) is 0 Å². The number of rotatable bonds is 3. The van der Waals surface area contributed by atoms with E-state index in [-0.39, 0.29) is 5.97 Å². The minimum Gasteiger partial charge on any atom is -0.431 e. The molecule has 1 heterocycles. The number of carbonyl (C=O) groups excluding carboxylic acids is 1. The van der Waals surface area contributed by atoms with E-state index in [9.17, 15) is 4.79 Å². The summed E-state index contributed by atoms with van der Waals surface area (Å²) in [6, 6.07) is 12.5. The Kier molecular flexibility index (Phi) is 3.65. The number of pyridine rings is 1. The predicted molar refractivity (Wildman–Crippen MR) is 65.1 cm³/mol. The largest absolute Gasteiger partial charge is 0.431 e. The zero-order valence-electron chi connectivity index (χ0n) is 9.11. The molecule has 0 aliphatic carbocycles. The van der Waals surface area contributed by atoms with Crippen molar-refractivity contribution in [1.29, 1.82) is 0 Å². The van der Waals surface area contributed by atoms with Crippen LogP contribution >= 0.6 is 0 Å². The van der Waals surface area contributed by atoms with Crippen LogP contribution in [0.25, 0.3) is 6.08 Å². The average molecular weight is 225 g/mol. The molecule has 0 saturated carbocycles. The topological polar surface area (TPSA) is 39.2 Å². The van der Waals surface area contributed by atoms with Crippen molar-refractivity contribution in [3.8, 4) is 0 Å². The van der Waals surface area contributed by atoms with Crippen molar-refractivity contribution in [2.75, 3.05) is 0 Å². The number of aromatic nitrogens is 1. The lowest BCUT2D eigenvalue weighted by atomic mass is 10.2. The molecule has 0 spiro atoms. The summed E-state index contributed by atoms with van der Waals surface area (Å²) in [5.41, 5.74) is 1.47. The smallest absolute Gasteiger partial charge is 0.342 e. The molecule has 3 nitrogen and oxygen atoms in total. The molecule has 2 rings (SSSR count). The maximum Gasteiger partial charge on any atom is 0.342 e. The molecule has 0 atom stereocenters. The summed E-state index contributed by atoms with van der Waals surface area (Å²) in [6.45, 7) is 0. The number of esters is 1. The highest BCUT2D eigenvalue weighted by atomic mass is 16.5. The van der Waals surface area contributed by atoms with Crippen molar-refractivity contribution in [2.45, 2.75) is 0 Å². The third kappa shape index (κ3) is 3.28. The summed E-state index contributed by atoms with van der Waals surface area (Å²) in [5.74, 6) is -0.365. The fourth-order valence-corrected chi connectivity index (χ4v) is 1.29. The van der Waals surface area contributed by atoms with Crippen LogP contribution in [0.5, 0.6) is 0 Å². The number of benzene rings is 1. The minimum atomic E-state index is -0.365. The van der Waals surface area contributed by atoms with E-state index >= 15 is 0 Å². The SMILES string of the molecule is O=C(O/C=C/c1ccncc1)c1ccccc1. The minimum absolute atomic E-state index is 0.365. The highest BCUT2D eigenvalue weighted by molar-refractivity contribution is 5.89. The van der Waals surface area contributed by atoms with Gasteiger partial charge in [-0.1, -0.05) is 18.2 Å². The van der Waals surface area contributed by atoms with Crippen LogP contribution < -0.4 is 0 Å². The maximum absolute atomic E-state index is 11.5. The van der Waals surface area contributed by atoms with Gasteiger partial charge in [0, 0.05) is 12.4 Å². The van der Waals surface area contributed by atoms with Crippen molar-refractivity contribution >= 4 is 12.0 Å². The lowest BCUT2D eigenvalue weighted by molar-refractivity contribution is 0.0665. The highest BCUT2D eigenvalue weighted by Crippen LogP contribution is 2.03. The molecule has 1 aromatic heterocycles. The van der Waals surface area contributed by atoms with Crippen molar-refractivity contribution < 1.29 is 9.53 Å². The molecule has 0 amide bonds. The Hall–Kier alpha value is -2.42. The molecular formula is C14H11NO2. The van der Waals surface area contributed by atoms with Gasteiger partial charge in [0.05, 0.1) is 11.8 Å². The van der Waals surface area contributed by atoms with Crippen LogP contribution in [0.4, 0.5) is 0 Å². The van der Waals surface area contributed by atoms with Gasteiger partial charge in [-0.3, -0.25) is 4.98 Å². The average Bonchev–Trinajstić information content (AvgIpc) is 2.41. The van der Waals surface area contributed by atoms with E-state index in [1.807, 2.05) is 18.2 Å². The molecule has 17 heavy (non-hydrogen) atoms. The molecule has 84 valence electrons. The van der Waals surface area contributed by atoms with E-state index in [1.54, 1.807) is 42.7 Å². The molecular weight excluding hydrogens is 214 g/mol. The standard InChI is InChI=1S/C14H11NO2/c16-14(13-4-2-1-3-5-13)17-11-8-12-6-9-15-10-7-12/h1-11H/b11-8+. The van der Waals surface area contributed by atoms with E-state index in [2.05, 4.69) is 4.98 Å². The Morgan fingerprint density at radius 1 is 1.06 bits per heavy atom. The number of ether oxygens (including phenoxy) is 1. The van der Waals surface area contributed by atoms with Gasteiger partial charge in [-0.15, -0.1) is 0 Å². The zero-order chi connectivity index (χ0) is 11.9. The van der Waals surface area contributed by atoms with Crippen LogP contribution in [0.3, 0.4) is 0 Å². The van der Waals surface area contributed by atoms with Gasteiger partial charge >= 0.3 is 5.97 Å². The first kappa shape index (κ1) is 11.1. The Bertz CT molecular complexity index is 506. The first-order chi connectivity index (χ1) is 8.36. The fraction of sp³-hybridized carbons (Fsp3) is 0. The van der Waals surface area contributed by atoms with E-state index in [0.717, 1.165) is 5.56 Å². The Morgan fingerprint density at radius 2 is 1.76 bits per heavy atom. The third-order valence-electron chi connectivity index (χ3n) is 2.15. The molecule has 0 aliphatic rings. The molecule has 1 aromatic carbocycles. The first-order valence-corrected chi connectivity index (χ1v) is 5.19. The van der Waals surface area contributed by atoms with Crippen molar-refractivity contribution in [3.05, 3.63) is 72.2 Å². The lowest BCUT2D eigenvalue weighted by Crippen LogP contribution is -1.99. The number of carbonyl (C=O) groups is 1. The van der Waals surface area contributed by atoms with Gasteiger partial charge < -0.3 is 4.74 Å². The fourth-order valence-electron chi connectivity index (χ4n) is 1.29. The zero-order valence-corrected chi connectivity index (χ0v) is 9.11. The summed E-state index contributed by atoms with van der Waals surface area (Å²) in [7, 11) is 0. The molecule has 0 fully saturated rings. The molecule has 0 aliphatic heterocycles. The monoisotopic (exact) mass is 225 g/mol. The summed E-state index contributed by atoms with van der Waals surface area (Å²) in [6.07, 6.45) is 6.45.